The minimum atomic E-state index is -3.64. The van der Waals surface area contributed by atoms with Crippen molar-refractivity contribution in [1.82, 2.24) is 8.87 Å². The van der Waals surface area contributed by atoms with E-state index in [0.29, 0.717) is 28.8 Å². The second-order valence-electron chi connectivity index (χ2n) is 5.93. The molecule has 0 atom stereocenters. The molecule has 0 saturated heterocycles. The monoisotopic (exact) mass is 455 g/mol. The van der Waals surface area contributed by atoms with E-state index in [1.807, 2.05) is 0 Å². The van der Waals surface area contributed by atoms with Gasteiger partial charge in [0, 0.05) is 35.5 Å². The van der Waals surface area contributed by atoms with E-state index < -0.39 is 15.9 Å². The number of aryl methyl sites for hydroxylation is 1. The highest BCUT2D eigenvalue weighted by Crippen LogP contribution is 2.23. The van der Waals surface area contributed by atoms with Crippen LogP contribution in [-0.4, -0.2) is 36.3 Å². The molecule has 1 aromatic carbocycles. The highest BCUT2D eigenvalue weighted by Gasteiger charge is 2.24. The average Bonchev–Trinajstić information content (AvgIpc) is 2.60. The van der Waals surface area contributed by atoms with Crippen LogP contribution in [0.2, 0.25) is 0 Å². The number of carbonyl (C=O) groups is 1. The molecule has 0 aliphatic carbocycles. The molecule has 27 heavy (non-hydrogen) atoms. The quantitative estimate of drug-likeness (QED) is 0.694. The summed E-state index contributed by atoms with van der Waals surface area (Å²) in [6.07, 6.45) is 1.52. The van der Waals surface area contributed by atoms with Gasteiger partial charge in [-0.15, -0.1) is 0 Å². The lowest BCUT2D eigenvalue weighted by Crippen LogP contribution is -2.31. The summed E-state index contributed by atoms with van der Waals surface area (Å²) in [7, 11) is -3.64. The van der Waals surface area contributed by atoms with Gasteiger partial charge in [0.1, 0.15) is 6.54 Å². The van der Waals surface area contributed by atoms with Crippen molar-refractivity contribution in [2.24, 2.45) is 0 Å². The van der Waals surface area contributed by atoms with Crippen LogP contribution < -0.4 is 10.9 Å². The van der Waals surface area contributed by atoms with Crippen molar-refractivity contribution in [3.05, 3.63) is 56.9 Å². The smallest absolute Gasteiger partial charge is 0.251 e. The van der Waals surface area contributed by atoms with Crippen LogP contribution in [-0.2, 0) is 21.4 Å². The maximum absolute atomic E-state index is 12.8. The van der Waals surface area contributed by atoms with Gasteiger partial charge in [-0.3, -0.25) is 9.59 Å². The maximum atomic E-state index is 12.8. The third-order valence-corrected chi connectivity index (χ3v) is 6.72. The Balaban J connectivity index is 2.26. The third kappa shape index (κ3) is 5.06. The Kier molecular flexibility index (Phi) is 6.96. The van der Waals surface area contributed by atoms with Crippen LogP contribution in [0.5, 0.6) is 0 Å². The summed E-state index contributed by atoms with van der Waals surface area (Å²) < 4.78 is 28.9. The van der Waals surface area contributed by atoms with Crippen molar-refractivity contribution >= 4 is 37.5 Å². The Hall–Kier alpha value is -1.97. The number of amides is 1. The normalized spacial score (nSPS) is 11.6. The molecule has 1 heterocycles. The van der Waals surface area contributed by atoms with Gasteiger partial charge in [-0.05, 0) is 46.6 Å². The first-order chi connectivity index (χ1) is 12.7. The van der Waals surface area contributed by atoms with E-state index in [-0.39, 0.29) is 17.0 Å². The van der Waals surface area contributed by atoms with Crippen molar-refractivity contribution in [1.29, 1.82) is 0 Å². The Morgan fingerprint density at radius 3 is 2.48 bits per heavy atom. The van der Waals surface area contributed by atoms with E-state index in [9.17, 15) is 18.0 Å². The lowest BCUT2D eigenvalue weighted by atomic mass is 10.2. The predicted molar refractivity (Wildman–Crippen MR) is 108 cm³/mol. The molecule has 0 aliphatic heterocycles. The molecule has 0 bridgehead atoms. The van der Waals surface area contributed by atoms with E-state index in [1.165, 1.54) is 27.2 Å². The highest BCUT2D eigenvalue weighted by atomic mass is 79.9. The molecule has 0 aliphatic rings. The summed E-state index contributed by atoms with van der Waals surface area (Å²) in [5.74, 6) is -0.426. The summed E-state index contributed by atoms with van der Waals surface area (Å²) in [5.41, 5.74) is 0.657. The van der Waals surface area contributed by atoms with Gasteiger partial charge in [0.2, 0.25) is 15.9 Å². The number of anilines is 1. The summed E-state index contributed by atoms with van der Waals surface area (Å²) in [5, 5.41) is 2.65. The van der Waals surface area contributed by atoms with E-state index in [4.69, 9.17) is 0 Å². The van der Waals surface area contributed by atoms with Gasteiger partial charge in [-0.2, -0.15) is 4.31 Å². The molecule has 146 valence electrons. The van der Waals surface area contributed by atoms with Crippen molar-refractivity contribution in [3.8, 4) is 0 Å². The van der Waals surface area contributed by atoms with Gasteiger partial charge < -0.3 is 9.88 Å². The number of benzene rings is 1. The molecular weight excluding hydrogens is 434 g/mol. The van der Waals surface area contributed by atoms with Crippen molar-refractivity contribution in [2.75, 3.05) is 18.4 Å². The van der Waals surface area contributed by atoms with Gasteiger partial charge in [-0.1, -0.05) is 19.9 Å². The van der Waals surface area contributed by atoms with Crippen LogP contribution in [0.15, 0.2) is 50.7 Å². The minimum absolute atomic E-state index is 0.156. The first-order valence-electron chi connectivity index (χ1n) is 8.45. The summed E-state index contributed by atoms with van der Waals surface area (Å²) in [4.78, 5) is 24.3. The van der Waals surface area contributed by atoms with Crippen molar-refractivity contribution in [3.63, 3.8) is 0 Å². The fourth-order valence-corrected chi connectivity index (χ4v) is 4.73. The van der Waals surface area contributed by atoms with Gasteiger partial charge in [-0.25, -0.2) is 8.42 Å². The zero-order valence-electron chi connectivity index (χ0n) is 15.4. The molecule has 0 fully saturated rings. The van der Waals surface area contributed by atoms with Crippen LogP contribution >= 0.6 is 15.9 Å². The number of sulfonamides is 1. The Bertz CT molecular complexity index is 998. The molecule has 9 heteroatoms. The topological polar surface area (TPSA) is 88.5 Å². The number of halogens is 1. The first kappa shape index (κ1) is 21.3. The third-order valence-electron chi connectivity index (χ3n) is 4.06. The van der Waals surface area contributed by atoms with Crippen LogP contribution in [0.3, 0.4) is 0 Å². The predicted octanol–water partition coefficient (Wildman–Crippen LogP) is 2.59. The lowest BCUT2D eigenvalue weighted by molar-refractivity contribution is -0.116. The van der Waals surface area contributed by atoms with Gasteiger partial charge >= 0.3 is 0 Å². The number of hydrogen-bond donors (Lipinski definition) is 1. The summed E-state index contributed by atoms with van der Waals surface area (Å²) in [6, 6.07) is 7.69. The van der Waals surface area contributed by atoms with Crippen LogP contribution in [0.1, 0.15) is 19.4 Å². The number of carbonyl (C=O) groups excluding carboxylic acids is 1. The Morgan fingerprint density at radius 2 is 1.85 bits per heavy atom. The van der Waals surface area contributed by atoms with E-state index >= 15 is 0 Å². The molecular formula is C18H22BrN3O4S. The minimum Gasteiger partial charge on any atom is -0.324 e. The number of hydrogen-bond acceptors (Lipinski definition) is 4. The molecule has 0 radical (unpaired) electrons. The standard InChI is InChI=1S/C18H22BrN3O4S/c1-4-22(5-2)27(25,26)16-10-15(8-6-13(16)3)20-17(23)12-21-11-14(19)7-9-18(21)24/h6-11H,4-5,12H2,1-3H3,(H,20,23). The first-order valence-corrected chi connectivity index (χ1v) is 10.7. The Morgan fingerprint density at radius 1 is 1.19 bits per heavy atom. The molecule has 0 unspecified atom stereocenters. The molecule has 7 nitrogen and oxygen atoms in total. The van der Waals surface area contributed by atoms with Gasteiger partial charge in [0.25, 0.3) is 5.56 Å². The molecule has 1 amide bonds. The number of nitrogens with zero attached hydrogens (tertiary/aromatic N) is 2. The fraction of sp³-hybridized carbons (Fsp3) is 0.333. The fourth-order valence-electron chi connectivity index (χ4n) is 2.64. The van der Waals surface area contributed by atoms with E-state index in [1.54, 1.807) is 39.0 Å². The second-order valence-corrected chi connectivity index (χ2v) is 8.75. The van der Waals surface area contributed by atoms with Gasteiger partial charge in [0.15, 0.2) is 0 Å². The summed E-state index contributed by atoms with van der Waals surface area (Å²) >= 11 is 3.26. The number of pyridine rings is 1. The zero-order valence-corrected chi connectivity index (χ0v) is 17.8. The molecule has 2 aromatic rings. The zero-order chi connectivity index (χ0) is 20.2. The van der Waals surface area contributed by atoms with Gasteiger partial charge in [0.05, 0.1) is 4.90 Å². The Labute approximate surface area is 167 Å². The molecule has 1 aromatic heterocycles. The molecule has 0 spiro atoms. The van der Waals surface area contributed by atoms with Crippen LogP contribution in [0.25, 0.3) is 0 Å². The summed E-state index contributed by atoms with van der Waals surface area (Å²) in [6.45, 7) is 5.81. The number of rotatable bonds is 7. The molecule has 2 rings (SSSR count). The highest BCUT2D eigenvalue weighted by molar-refractivity contribution is 9.10. The second kappa shape index (κ2) is 8.81. The SMILES string of the molecule is CCN(CC)S(=O)(=O)c1cc(NC(=O)Cn2cc(Br)ccc2=O)ccc1C. The van der Waals surface area contributed by atoms with Crippen LogP contribution in [0.4, 0.5) is 5.69 Å². The molecule has 1 N–H and O–H groups in total. The van der Waals surface area contributed by atoms with Crippen LogP contribution in [0, 0.1) is 6.92 Å². The number of nitrogens with one attached hydrogen (secondary N) is 1. The average molecular weight is 456 g/mol. The number of aromatic nitrogens is 1. The maximum Gasteiger partial charge on any atom is 0.251 e. The van der Waals surface area contributed by atoms with E-state index in [0.717, 1.165) is 0 Å². The van der Waals surface area contributed by atoms with Crippen molar-refractivity contribution < 1.29 is 13.2 Å². The largest absolute Gasteiger partial charge is 0.324 e. The lowest BCUT2D eigenvalue weighted by Gasteiger charge is -2.20. The van der Waals surface area contributed by atoms with E-state index in [2.05, 4.69) is 21.2 Å². The molecule has 0 saturated carbocycles. The van der Waals surface area contributed by atoms with Crippen molar-refractivity contribution in [2.45, 2.75) is 32.2 Å².